The summed E-state index contributed by atoms with van der Waals surface area (Å²) in [5.74, 6) is 0.250. The lowest BCUT2D eigenvalue weighted by Gasteiger charge is -2.17. The molecule has 0 spiro atoms. The molecular weight excluding hydrogens is 257 g/mol. The molecule has 0 saturated heterocycles. The summed E-state index contributed by atoms with van der Waals surface area (Å²) in [5, 5.41) is 12.1. The maximum atomic E-state index is 12.7. The molecule has 1 saturated carbocycles. The van der Waals surface area contributed by atoms with Gasteiger partial charge in [-0.1, -0.05) is 18.6 Å². The fourth-order valence-corrected chi connectivity index (χ4v) is 2.66. The van der Waals surface area contributed by atoms with Crippen LogP contribution in [0, 0.1) is 17.7 Å². The van der Waals surface area contributed by atoms with Gasteiger partial charge in [-0.05, 0) is 48.4 Å². The van der Waals surface area contributed by atoms with E-state index < -0.39 is 0 Å². The zero-order valence-electron chi connectivity index (χ0n) is 11.4. The van der Waals surface area contributed by atoms with E-state index in [0.29, 0.717) is 18.4 Å². The van der Waals surface area contributed by atoms with Gasteiger partial charge in [-0.25, -0.2) is 4.39 Å². The van der Waals surface area contributed by atoms with Gasteiger partial charge in [0, 0.05) is 19.2 Å². The molecule has 0 aliphatic heterocycles. The topological polar surface area (TPSA) is 49.3 Å². The van der Waals surface area contributed by atoms with Gasteiger partial charge < -0.3 is 10.4 Å². The lowest BCUT2D eigenvalue weighted by Crippen LogP contribution is -2.30. The van der Waals surface area contributed by atoms with Gasteiger partial charge in [0.05, 0.1) is 0 Å². The average molecular weight is 277 g/mol. The second-order valence-electron chi connectivity index (χ2n) is 5.26. The third-order valence-corrected chi connectivity index (χ3v) is 3.89. The Morgan fingerprint density at radius 2 is 2.00 bits per heavy atom. The molecular formula is C16H20FNO2. The van der Waals surface area contributed by atoms with Gasteiger partial charge in [0.25, 0.3) is 0 Å². The number of carbonyl (C=O) groups excluding carboxylic acids is 1. The van der Waals surface area contributed by atoms with Crippen LogP contribution in [0.3, 0.4) is 0 Å². The highest BCUT2D eigenvalue weighted by Gasteiger charge is 2.26. The Morgan fingerprint density at radius 3 is 2.70 bits per heavy atom. The smallest absolute Gasteiger partial charge is 0.244 e. The number of nitrogens with one attached hydrogen (secondary N) is 1. The fraction of sp³-hybridized carbons (Fsp3) is 0.438. The van der Waals surface area contributed by atoms with Crippen molar-refractivity contribution in [1.29, 1.82) is 0 Å². The summed E-state index contributed by atoms with van der Waals surface area (Å²) in [6, 6.07) is 5.97. The quantitative estimate of drug-likeness (QED) is 0.812. The largest absolute Gasteiger partial charge is 0.396 e. The van der Waals surface area contributed by atoms with E-state index >= 15 is 0 Å². The lowest BCUT2D eigenvalue weighted by atomic mass is 9.97. The molecule has 3 nitrogen and oxygen atoms in total. The van der Waals surface area contributed by atoms with E-state index in [-0.39, 0.29) is 18.3 Å². The third kappa shape index (κ3) is 4.17. The summed E-state index contributed by atoms with van der Waals surface area (Å²) in [6.07, 6.45) is 6.34. The van der Waals surface area contributed by atoms with Gasteiger partial charge in [0.1, 0.15) is 5.82 Å². The number of aliphatic hydroxyl groups is 1. The van der Waals surface area contributed by atoms with Crippen molar-refractivity contribution in [2.75, 3.05) is 13.2 Å². The first-order chi connectivity index (χ1) is 9.69. The zero-order chi connectivity index (χ0) is 14.4. The number of benzene rings is 1. The monoisotopic (exact) mass is 277 g/mol. The Balaban J connectivity index is 1.79. The molecule has 0 heterocycles. The third-order valence-electron chi connectivity index (χ3n) is 3.89. The van der Waals surface area contributed by atoms with Crippen molar-refractivity contribution >= 4 is 12.0 Å². The fourth-order valence-electron chi connectivity index (χ4n) is 2.66. The number of hydrogen-bond acceptors (Lipinski definition) is 2. The van der Waals surface area contributed by atoms with Crippen LogP contribution >= 0.6 is 0 Å². The predicted octanol–water partition coefficient (Wildman–Crippen LogP) is 2.36. The van der Waals surface area contributed by atoms with E-state index in [2.05, 4.69) is 5.32 Å². The first-order valence-electron chi connectivity index (χ1n) is 7.01. The van der Waals surface area contributed by atoms with E-state index in [0.717, 1.165) is 24.8 Å². The van der Waals surface area contributed by atoms with Gasteiger partial charge in [-0.2, -0.15) is 0 Å². The van der Waals surface area contributed by atoms with Crippen LogP contribution in [-0.2, 0) is 4.79 Å². The molecule has 1 aromatic rings. The van der Waals surface area contributed by atoms with Crippen LogP contribution in [-0.4, -0.2) is 24.2 Å². The molecule has 0 aromatic heterocycles. The molecule has 2 atom stereocenters. The molecule has 0 radical (unpaired) electrons. The highest BCUT2D eigenvalue weighted by molar-refractivity contribution is 5.91. The number of halogens is 1. The highest BCUT2D eigenvalue weighted by atomic mass is 19.1. The molecule has 1 aromatic carbocycles. The summed E-state index contributed by atoms with van der Waals surface area (Å²) >= 11 is 0. The summed E-state index contributed by atoms with van der Waals surface area (Å²) in [6.45, 7) is 0.809. The van der Waals surface area contributed by atoms with E-state index in [1.54, 1.807) is 18.2 Å². The van der Waals surface area contributed by atoms with Crippen LogP contribution in [0.15, 0.2) is 30.3 Å². The molecule has 20 heavy (non-hydrogen) atoms. The summed E-state index contributed by atoms with van der Waals surface area (Å²) in [7, 11) is 0. The number of rotatable bonds is 5. The molecule has 2 N–H and O–H groups in total. The minimum absolute atomic E-state index is 0.155. The van der Waals surface area contributed by atoms with Crippen molar-refractivity contribution < 1.29 is 14.3 Å². The van der Waals surface area contributed by atoms with Crippen LogP contribution in [0.2, 0.25) is 0 Å². The van der Waals surface area contributed by atoms with Gasteiger partial charge in [0.15, 0.2) is 0 Å². The number of aliphatic hydroxyl groups excluding tert-OH is 1. The summed E-state index contributed by atoms with van der Waals surface area (Å²) in [5.41, 5.74) is 0.788. The Kier molecular flexibility index (Phi) is 5.30. The first-order valence-corrected chi connectivity index (χ1v) is 7.01. The normalized spacial score (nSPS) is 22.3. The standard InChI is InChI=1S/C16H20FNO2/c17-15-7-4-12(5-8-15)6-9-16(20)18-10-13-2-1-3-14(13)11-19/h4-9,13-14,19H,1-3,10-11H2,(H,18,20). The minimum Gasteiger partial charge on any atom is -0.396 e. The molecule has 1 aliphatic carbocycles. The van der Waals surface area contributed by atoms with Crippen molar-refractivity contribution in [2.45, 2.75) is 19.3 Å². The zero-order valence-corrected chi connectivity index (χ0v) is 11.4. The van der Waals surface area contributed by atoms with Crippen LogP contribution in [0.4, 0.5) is 4.39 Å². The molecule has 2 unspecified atom stereocenters. The van der Waals surface area contributed by atoms with Crippen molar-refractivity contribution in [3.8, 4) is 0 Å². The molecule has 108 valence electrons. The second kappa shape index (κ2) is 7.20. The van der Waals surface area contributed by atoms with Crippen LogP contribution in [0.25, 0.3) is 6.08 Å². The van der Waals surface area contributed by atoms with Crippen molar-refractivity contribution in [3.63, 3.8) is 0 Å². The van der Waals surface area contributed by atoms with Crippen LogP contribution in [0.1, 0.15) is 24.8 Å². The van der Waals surface area contributed by atoms with Crippen molar-refractivity contribution in [1.82, 2.24) is 5.32 Å². The van der Waals surface area contributed by atoms with Gasteiger partial charge in [0.2, 0.25) is 5.91 Å². The van der Waals surface area contributed by atoms with Crippen LogP contribution in [0.5, 0.6) is 0 Å². The Bertz CT molecular complexity index is 470. The number of hydrogen-bond donors (Lipinski definition) is 2. The average Bonchev–Trinajstić information content (AvgIpc) is 2.92. The summed E-state index contributed by atoms with van der Waals surface area (Å²) in [4.78, 5) is 11.7. The molecule has 1 fully saturated rings. The Hall–Kier alpha value is -1.68. The van der Waals surface area contributed by atoms with Crippen molar-refractivity contribution in [2.24, 2.45) is 11.8 Å². The van der Waals surface area contributed by atoms with E-state index in [1.165, 1.54) is 18.2 Å². The lowest BCUT2D eigenvalue weighted by molar-refractivity contribution is -0.116. The van der Waals surface area contributed by atoms with E-state index in [9.17, 15) is 14.3 Å². The van der Waals surface area contributed by atoms with Gasteiger partial charge in [-0.15, -0.1) is 0 Å². The number of amides is 1. The SMILES string of the molecule is O=C(C=Cc1ccc(F)cc1)NCC1CCCC1CO. The Morgan fingerprint density at radius 1 is 1.30 bits per heavy atom. The summed E-state index contributed by atoms with van der Waals surface area (Å²) < 4.78 is 12.7. The molecule has 4 heteroatoms. The first kappa shape index (κ1) is 14.7. The van der Waals surface area contributed by atoms with Gasteiger partial charge >= 0.3 is 0 Å². The molecule has 1 amide bonds. The molecule has 0 bridgehead atoms. The van der Waals surface area contributed by atoms with Gasteiger partial charge in [-0.3, -0.25) is 4.79 Å². The molecule has 1 aliphatic rings. The maximum Gasteiger partial charge on any atom is 0.244 e. The van der Waals surface area contributed by atoms with Crippen molar-refractivity contribution in [3.05, 3.63) is 41.7 Å². The van der Waals surface area contributed by atoms with Crippen LogP contribution < -0.4 is 5.32 Å². The van der Waals surface area contributed by atoms with E-state index in [1.807, 2.05) is 0 Å². The Labute approximate surface area is 118 Å². The highest BCUT2D eigenvalue weighted by Crippen LogP contribution is 2.30. The predicted molar refractivity (Wildman–Crippen MR) is 76.4 cm³/mol. The second-order valence-corrected chi connectivity index (χ2v) is 5.26. The maximum absolute atomic E-state index is 12.7. The minimum atomic E-state index is -0.289. The number of carbonyl (C=O) groups is 1. The van der Waals surface area contributed by atoms with E-state index in [4.69, 9.17) is 0 Å². The molecule has 2 rings (SSSR count).